The lowest BCUT2D eigenvalue weighted by Crippen LogP contribution is -2.49. The van der Waals surface area contributed by atoms with Gasteiger partial charge in [-0.05, 0) is 31.9 Å². The number of nitrogens with zero attached hydrogens (tertiary/aromatic N) is 1. The highest BCUT2D eigenvalue weighted by Gasteiger charge is 2.28. The molecule has 2 rings (SSSR count). The van der Waals surface area contributed by atoms with E-state index in [2.05, 4.69) is 16.7 Å². The predicted molar refractivity (Wildman–Crippen MR) is 74.2 cm³/mol. The number of para-hydroxylation sites is 1. The van der Waals surface area contributed by atoms with Crippen molar-refractivity contribution in [2.24, 2.45) is 0 Å². The van der Waals surface area contributed by atoms with E-state index < -0.39 is 6.03 Å². The molecule has 1 unspecified atom stereocenters. The Hall–Kier alpha value is -2.04. The van der Waals surface area contributed by atoms with Gasteiger partial charge in [0.15, 0.2) is 0 Å². The molecule has 0 aliphatic carbocycles. The van der Waals surface area contributed by atoms with Crippen LogP contribution in [0.1, 0.15) is 19.4 Å². The summed E-state index contributed by atoms with van der Waals surface area (Å²) in [6.45, 7) is 4.93. The average molecular weight is 261 g/mol. The van der Waals surface area contributed by atoms with Crippen LogP contribution in [-0.4, -0.2) is 31.1 Å². The van der Waals surface area contributed by atoms with Crippen LogP contribution >= 0.6 is 0 Å². The molecule has 1 heterocycles. The zero-order valence-electron chi connectivity index (χ0n) is 11.3. The number of urea groups is 1. The van der Waals surface area contributed by atoms with E-state index in [4.69, 9.17) is 0 Å². The topological polar surface area (TPSA) is 61.4 Å². The molecule has 0 bridgehead atoms. The molecular formula is C14H19N3O2. The molecule has 0 fully saturated rings. The van der Waals surface area contributed by atoms with E-state index >= 15 is 0 Å². The van der Waals surface area contributed by atoms with Crippen LogP contribution in [0.25, 0.3) is 0 Å². The van der Waals surface area contributed by atoms with Gasteiger partial charge in [0.1, 0.15) is 6.04 Å². The molecule has 2 N–H and O–H groups in total. The van der Waals surface area contributed by atoms with E-state index in [-0.39, 0.29) is 11.9 Å². The van der Waals surface area contributed by atoms with E-state index in [1.807, 2.05) is 36.9 Å². The fourth-order valence-electron chi connectivity index (χ4n) is 2.33. The molecule has 3 amide bonds. The molecule has 0 radical (unpaired) electrons. The van der Waals surface area contributed by atoms with Gasteiger partial charge >= 0.3 is 6.03 Å². The fourth-order valence-corrected chi connectivity index (χ4v) is 2.33. The van der Waals surface area contributed by atoms with Gasteiger partial charge < -0.3 is 10.2 Å². The summed E-state index contributed by atoms with van der Waals surface area (Å²) < 4.78 is 0. The summed E-state index contributed by atoms with van der Waals surface area (Å²) >= 11 is 0. The molecule has 1 aliphatic heterocycles. The van der Waals surface area contributed by atoms with Crippen LogP contribution in [0.15, 0.2) is 24.3 Å². The number of hydrogen-bond acceptors (Lipinski definition) is 3. The maximum Gasteiger partial charge on any atom is 0.321 e. The Morgan fingerprint density at radius 2 is 2.11 bits per heavy atom. The van der Waals surface area contributed by atoms with Gasteiger partial charge in [0, 0.05) is 18.8 Å². The standard InChI is InChI=1S/C14H19N3O2/c1-3-15-14(19)16-13(18)10(2)17-9-8-11-6-4-5-7-12(11)17/h4-7,10H,3,8-9H2,1-2H3,(H2,15,16,18,19). The molecule has 19 heavy (non-hydrogen) atoms. The lowest BCUT2D eigenvalue weighted by atomic mass is 10.2. The maximum absolute atomic E-state index is 12.0. The highest BCUT2D eigenvalue weighted by Crippen LogP contribution is 2.29. The Morgan fingerprint density at radius 1 is 1.37 bits per heavy atom. The number of carbonyl (C=O) groups excluding carboxylic acids is 2. The largest absolute Gasteiger partial charge is 0.359 e. The zero-order chi connectivity index (χ0) is 13.8. The maximum atomic E-state index is 12.0. The van der Waals surface area contributed by atoms with Gasteiger partial charge in [0.2, 0.25) is 5.91 Å². The Morgan fingerprint density at radius 3 is 2.84 bits per heavy atom. The second-order valence-electron chi connectivity index (χ2n) is 4.60. The summed E-state index contributed by atoms with van der Waals surface area (Å²) in [5.74, 6) is -0.275. The SMILES string of the molecule is CCNC(=O)NC(=O)C(C)N1CCc2ccccc21. The number of imide groups is 1. The van der Waals surface area contributed by atoms with Crippen molar-refractivity contribution >= 4 is 17.6 Å². The number of hydrogen-bond donors (Lipinski definition) is 2. The molecule has 0 aromatic heterocycles. The van der Waals surface area contributed by atoms with Crippen molar-refractivity contribution in [2.45, 2.75) is 26.3 Å². The van der Waals surface area contributed by atoms with E-state index in [1.54, 1.807) is 0 Å². The van der Waals surface area contributed by atoms with E-state index in [0.29, 0.717) is 6.54 Å². The molecule has 1 aliphatic rings. The number of rotatable bonds is 3. The minimum Gasteiger partial charge on any atom is -0.359 e. The minimum absolute atomic E-state index is 0.275. The molecule has 0 spiro atoms. The molecule has 1 aromatic carbocycles. The average Bonchev–Trinajstić information content (AvgIpc) is 2.81. The van der Waals surface area contributed by atoms with Gasteiger partial charge in [-0.2, -0.15) is 0 Å². The van der Waals surface area contributed by atoms with Gasteiger partial charge in [-0.15, -0.1) is 0 Å². The van der Waals surface area contributed by atoms with Crippen molar-refractivity contribution in [3.63, 3.8) is 0 Å². The third-order valence-corrected chi connectivity index (χ3v) is 3.34. The molecule has 0 saturated carbocycles. The predicted octanol–water partition coefficient (Wildman–Crippen LogP) is 1.28. The zero-order valence-corrected chi connectivity index (χ0v) is 11.3. The number of fused-ring (bicyclic) bond motifs is 1. The van der Waals surface area contributed by atoms with Crippen molar-refractivity contribution in [3.05, 3.63) is 29.8 Å². The summed E-state index contributed by atoms with van der Waals surface area (Å²) in [5.41, 5.74) is 2.33. The monoisotopic (exact) mass is 261 g/mol. The molecule has 1 aromatic rings. The Bertz CT molecular complexity index is 487. The van der Waals surface area contributed by atoms with Crippen LogP contribution < -0.4 is 15.5 Å². The van der Waals surface area contributed by atoms with Gasteiger partial charge in [0.05, 0.1) is 0 Å². The van der Waals surface area contributed by atoms with Crippen LogP contribution in [-0.2, 0) is 11.2 Å². The molecule has 5 nitrogen and oxygen atoms in total. The van der Waals surface area contributed by atoms with Crippen molar-refractivity contribution < 1.29 is 9.59 Å². The highest BCUT2D eigenvalue weighted by atomic mass is 16.2. The van der Waals surface area contributed by atoms with Crippen LogP contribution in [0.5, 0.6) is 0 Å². The normalized spacial score (nSPS) is 14.7. The summed E-state index contributed by atoms with van der Waals surface area (Å²) in [6.07, 6.45) is 0.939. The highest BCUT2D eigenvalue weighted by molar-refractivity contribution is 5.98. The van der Waals surface area contributed by atoms with Crippen molar-refractivity contribution in [2.75, 3.05) is 18.0 Å². The molecular weight excluding hydrogens is 242 g/mol. The van der Waals surface area contributed by atoms with E-state index in [0.717, 1.165) is 18.7 Å². The summed E-state index contributed by atoms with van der Waals surface area (Å²) in [4.78, 5) is 25.4. The fraction of sp³-hybridized carbons (Fsp3) is 0.429. The first-order valence-electron chi connectivity index (χ1n) is 6.56. The first-order chi connectivity index (χ1) is 9.13. The van der Waals surface area contributed by atoms with Gasteiger partial charge in [-0.25, -0.2) is 4.79 Å². The number of anilines is 1. The first-order valence-corrected chi connectivity index (χ1v) is 6.56. The third-order valence-electron chi connectivity index (χ3n) is 3.34. The van der Waals surface area contributed by atoms with E-state index in [1.165, 1.54) is 5.56 Å². The lowest BCUT2D eigenvalue weighted by Gasteiger charge is -2.26. The van der Waals surface area contributed by atoms with Crippen molar-refractivity contribution in [1.82, 2.24) is 10.6 Å². The van der Waals surface area contributed by atoms with Crippen LogP contribution in [0.3, 0.4) is 0 Å². The Balaban J connectivity index is 2.03. The Labute approximate surface area is 113 Å². The molecule has 102 valence electrons. The second-order valence-corrected chi connectivity index (χ2v) is 4.60. The number of amides is 3. The quantitative estimate of drug-likeness (QED) is 0.861. The van der Waals surface area contributed by atoms with Gasteiger partial charge in [0.25, 0.3) is 0 Å². The van der Waals surface area contributed by atoms with Crippen LogP contribution in [0.4, 0.5) is 10.5 Å². The van der Waals surface area contributed by atoms with Crippen LogP contribution in [0.2, 0.25) is 0 Å². The van der Waals surface area contributed by atoms with Crippen molar-refractivity contribution in [1.29, 1.82) is 0 Å². The number of benzene rings is 1. The summed E-state index contributed by atoms with van der Waals surface area (Å²) in [5, 5.41) is 4.91. The lowest BCUT2D eigenvalue weighted by molar-refractivity contribution is -0.120. The molecule has 1 atom stereocenters. The third kappa shape index (κ3) is 2.86. The molecule has 5 heteroatoms. The van der Waals surface area contributed by atoms with Crippen molar-refractivity contribution in [3.8, 4) is 0 Å². The number of carbonyl (C=O) groups is 2. The summed E-state index contributed by atoms with van der Waals surface area (Å²) in [7, 11) is 0. The minimum atomic E-state index is -0.438. The molecule has 0 saturated heterocycles. The van der Waals surface area contributed by atoms with Gasteiger partial charge in [-0.3, -0.25) is 10.1 Å². The van der Waals surface area contributed by atoms with Gasteiger partial charge in [-0.1, -0.05) is 18.2 Å². The smallest absolute Gasteiger partial charge is 0.321 e. The first kappa shape index (κ1) is 13.4. The summed E-state index contributed by atoms with van der Waals surface area (Å²) in [6, 6.07) is 7.26. The number of nitrogens with one attached hydrogen (secondary N) is 2. The second kappa shape index (κ2) is 5.73. The Kier molecular flexibility index (Phi) is 4.04. The van der Waals surface area contributed by atoms with E-state index in [9.17, 15) is 9.59 Å². The van der Waals surface area contributed by atoms with Crippen LogP contribution in [0, 0.1) is 0 Å².